The van der Waals surface area contributed by atoms with E-state index < -0.39 is 30.7 Å². The van der Waals surface area contributed by atoms with Crippen LogP contribution in [0.2, 0.25) is 10.0 Å². The summed E-state index contributed by atoms with van der Waals surface area (Å²) in [6.45, 7) is 0.737. The number of alkyl halides is 2. The van der Waals surface area contributed by atoms with Gasteiger partial charge >= 0.3 is 0 Å². The Kier molecular flexibility index (Phi) is 6.72. The van der Waals surface area contributed by atoms with Crippen LogP contribution in [0.4, 0.5) is 13.2 Å². The third kappa shape index (κ3) is 5.02. The average Bonchev–Trinajstić information content (AvgIpc) is 2.52. The fraction of sp³-hybridized carbons (Fsp3) is 0.294. The predicted octanol–water partition coefficient (Wildman–Crippen LogP) is 4.82. The molecule has 0 unspecified atom stereocenters. The van der Waals surface area contributed by atoms with Crippen molar-refractivity contribution in [3.05, 3.63) is 46.0 Å². The molecule has 4 nitrogen and oxygen atoms in total. The van der Waals surface area contributed by atoms with Gasteiger partial charge in [-0.05, 0) is 18.2 Å². The van der Waals surface area contributed by atoms with Gasteiger partial charge in [-0.25, -0.2) is 13.2 Å². The number of rotatable bonds is 7. The largest absolute Gasteiger partial charge is 0.485 e. The highest BCUT2D eigenvalue weighted by Crippen LogP contribution is 2.39. The second-order valence-corrected chi connectivity index (χ2v) is 6.47. The summed E-state index contributed by atoms with van der Waals surface area (Å²) in [4.78, 5) is 15.0. The number of benzene rings is 1. The molecule has 1 atom stereocenters. The Morgan fingerprint density at radius 2 is 2.00 bits per heavy atom. The SMILES string of the molecule is C[C@H](CC(N)=O)c1ncc(-c2cc(Cl)cc(Cl)c2OCC(F)F)cc1F. The molecule has 0 aliphatic rings. The van der Waals surface area contributed by atoms with Gasteiger partial charge in [0.1, 0.15) is 18.2 Å². The molecule has 140 valence electrons. The summed E-state index contributed by atoms with van der Waals surface area (Å²) < 4.78 is 44.4. The summed E-state index contributed by atoms with van der Waals surface area (Å²) in [5.41, 5.74) is 5.65. The van der Waals surface area contributed by atoms with Gasteiger partial charge in [-0.2, -0.15) is 0 Å². The van der Waals surface area contributed by atoms with Gasteiger partial charge < -0.3 is 10.5 Å². The smallest absolute Gasteiger partial charge is 0.272 e. The zero-order chi connectivity index (χ0) is 19.4. The maximum absolute atomic E-state index is 14.4. The van der Waals surface area contributed by atoms with Crippen LogP contribution in [-0.2, 0) is 4.79 Å². The molecule has 0 saturated heterocycles. The van der Waals surface area contributed by atoms with Crippen LogP contribution in [0.1, 0.15) is 25.0 Å². The predicted molar refractivity (Wildman–Crippen MR) is 93.4 cm³/mol. The molecule has 1 aromatic carbocycles. The molecule has 2 aromatic rings. The number of nitrogens with two attached hydrogens (primary N) is 1. The summed E-state index contributed by atoms with van der Waals surface area (Å²) in [6.07, 6.45) is -1.44. The highest BCUT2D eigenvalue weighted by molar-refractivity contribution is 6.36. The van der Waals surface area contributed by atoms with E-state index in [1.165, 1.54) is 18.3 Å². The molecule has 1 heterocycles. The van der Waals surface area contributed by atoms with Crippen LogP contribution in [0.5, 0.6) is 5.75 Å². The number of primary amides is 1. The molecular formula is C17H15Cl2F3N2O2. The van der Waals surface area contributed by atoms with E-state index in [4.69, 9.17) is 33.7 Å². The number of carbonyl (C=O) groups is 1. The van der Waals surface area contributed by atoms with E-state index in [2.05, 4.69) is 4.98 Å². The van der Waals surface area contributed by atoms with Crippen molar-refractivity contribution in [2.24, 2.45) is 5.73 Å². The van der Waals surface area contributed by atoms with Gasteiger partial charge in [0.2, 0.25) is 5.91 Å². The molecule has 2 N–H and O–H groups in total. The number of amides is 1. The molecule has 0 spiro atoms. The Morgan fingerprint density at radius 3 is 2.58 bits per heavy atom. The van der Waals surface area contributed by atoms with Gasteiger partial charge in [0.15, 0.2) is 0 Å². The first-order valence-corrected chi connectivity index (χ1v) is 8.28. The first-order valence-electron chi connectivity index (χ1n) is 7.53. The number of ether oxygens (including phenoxy) is 1. The van der Waals surface area contributed by atoms with Crippen LogP contribution in [0, 0.1) is 5.82 Å². The summed E-state index contributed by atoms with van der Waals surface area (Å²) in [5, 5.41) is 0.237. The quantitative estimate of drug-likeness (QED) is 0.716. The van der Waals surface area contributed by atoms with Gasteiger partial charge in [0, 0.05) is 34.7 Å². The molecule has 26 heavy (non-hydrogen) atoms. The number of pyridine rings is 1. The molecule has 0 radical (unpaired) electrons. The molecule has 0 aliphatic carbocycles. The van der Waals surface area contributed by atoms with Crippen LogP contribution in [0.25, 0.3) is 11.1 Å². The topological polar surface area (TPSA) is 65.2 Å². The van der Waals surface area contributed by atoms with Crippen molar-refractivity contribution < 1.29 is 22.7 Å². The molecule has 1 amide bonds. The Balaban J connectivity index is 2.44. The number of halogens is 5. The van der Waals surface area contributed by atoms with E-state index in [0.29, 0.717) is 0 Å². The van der Waals surface area contributed by atoms with Gasteiger partial charge in [0.05, 0.1) is 10.7 Å². The first kappa shape index (κ1) is 20.3. The number of hydrogen-bond donors (Lipinski definition) is 1. The summed E-state index contributed by atoms with van der Waals surface area (Å²) in [6, 6.07) is 3.90. The van der Waals surface area contributed by atoms with Crippen molar-refractivity contribution in [2.75, 3.05) is 6.61 Å². The second-order valence-electron chi connectivity index (χ2n) is 5.63. The lowest BCUT2D eigenvalue weighted by Crippen LogP contribution is -2.15. The van der Waals surface area contributed by atoms with Crippen LogP contribution >= 0.6 is 23.2 Å². The second kappa shape index (κ2) is 8.60. The van der Waals surface area contributed by atoms with E-state index >= 15 is 0 Å². The Hall–Kier alpha value is -1.99. The van der Waals surface area contributed by atoms with Crippen molar-refractivity contribution in [3.63, 3.8) is 0 Å². The molecule has 0 aliphatic heterocycles. The lowest BCUT2D eigenvalue weighted by Gasteiger charge is -2.15. The highest BCUT2D eigenvalue weighted by atomic mass is 35.5. The van der Waals surface area contributed by atoms with Crippen molar-refractivity contribution in [1.29, 1.82) is 0 Å². The standard InChI is InChI=1S/C17H15Cl2F3N2O2/c1-8(2-15(23)25)16-13(20)3-9(6-24-16)11-4-10(18)5-12(19)17(11)26-7-14(21)22/h3-6,8,14H,2,7H2,1H3,(H2,23,25)/t8-/m1/s1. The molecule has 0 bridgehead atoms. The third-order valence-corrected chi connectivity index (χ3v) is 4.02. The van der Waals surface area contributed by atoms with E-state index in [-0.39, 0.29) is 39.0 Å². The van der Waals surface area contributed by atoms with E-state index in [0.717, 1.165) is 6.07 Å². The van der Waals surface area contributed by atoms with Crippen LogP contribution < -0.4 is 10.5 Å². The third-order valence-electron chi connectivity index (χ3n) is 3.52. The van der Waals surface area contributed by atoms with E-state index in [1.54, 1.807) is 6.92 Å². The lowest BCUT2D eigenvalue weighted by atomic mass is 10.00. The Morgan fingerprint density at radius 1 is 1.31 bits per heavy atom. The molecule has 9 heteroatoms. The number of aromatic nitrogens is 1. The zero-order valence-electron chi connectivity index (χ0n) is 13.6. The molecule has 2 rings (SSSR count). The number of nitrogens with zero attached hydrogens (tertiary/aromatic N) is 1. The monoisotopic (exact) mass is 406 g/mol. The maximum atomic E-state index is 14.4. The summed E-state index contributed by atoms with van der Waals surface area (Å²) in [5.74, 6) is -1.81. The van der Waals surface area contributed by atoms with Crippen molar-refractivity contribution in [3.8, 4) is 16.9 Å². The van der Waals surface area contributed by atoms with Crippen molar-refractivity contribution in [2.45, 2.75) is 25.7 Å². The van der Waals surface area contributed by atoms with Crippen molar-refractivity contribution >= 4 is 29.1 Å². The molecule has 0 fully saturated rings. The number of hydrogen-bond acceptors (Lipinski definition) is 3. The van der Waals surface area contributed by atoms with Crippen molar-refractivity contribution in [1.82, 2.24) is 4.98 Å². The zero-order valence-corrected chi connectivity index (χ0v) is 15.1. The van der Waals surface area contributed by atoms with Gasteiger partial charge in [0.25, 0.3) is 6.43 Å². The van der Waals surface area contributed by atoms with E-state index in [9.17, 15) is 18.0 Å². The fourth-order valence-electron chi connectivity index (χ4n) is 2.42. The highest BCUT2D eigenvalue weighted by Gasteiger charge is 2.19. The van der Waals surface area contributed by atoms with Crippen LogP contribution in [0.15, 0.2) is 24.4 Å². The summed E-state index contributed by atoms with van der Waals surface area (Å²) >= 11 is 12.0. The van der Waals surface area contributed by atoms with Gasteiger partial charge in [-0.3, -0.25) is 9.78 Å². The van der Waals surface area contributed by atoms with Crippen LogP contribution in [0.3, 0.4) is 0 Å². The Bertz CT molecular complexity index is 819. The molecule has 1 aromatic heterocycles. The minimum Gasteiger partial charge on any atom is -0.485 e. The molecular weight excluding hydrogens is 392 g/mol. The van der Waals surface area contributed by atoms with Gasteiger partial charge in [-0.15, -0.1) is 0 Å². The normalized spacial score (nSPS) is 12.3. The molecule has 0 saturated carbocycles. The maximum Gasteiger partial charge on any atom is 0.272 e. The average molecular weight is 407 g/mol. The lowest BCUT2D eigenvalue weighted by molar-refractivity contribution is -0.118. The van der Waals surface area contributed by atoms with Crippen LogP contribution in [-0.4, -0.2) is 23.9 Å². The minimum absolute atomic E-state index is 0.0136. The first-order chi connectivity index (χ1) is 12.2. The van der Waals surface area contributed by atoms with E-state index in [1.807, 2.05) is 0 Å². The fourth-order valence-corrected chi connectivity index (χ4v) is 2.97. The minimum atomic E-state index is -2.71. The Labute approximate surface area is 158 Å². The van der Waals surface area contributed by atoms with Gasteiger partial charge in [-0.1, -0.05) is 30.1 Å². The summed E-state index contributed by atoms with van der Waals surface area (Å²) in [7, 11) is 0. The number of carbonyl (C=O) groups excluding carboxylic acids is 1.